The third-order valence-electron chi connectivity index (χ3n) is 6.09. The van der Waals surface area contributed by atoms with Crippen molar-refractivity contribution in [3.63, 3.8) is 0 Å². The van der Waals surface area contributed by atoms with Gasteiger partial charge in [0.1, 0.15) is 23.2 Å². The Morgan fingerprint density at radius 2 is 1.30 bits per heavy atom. The van der Waals surface area contributed by atoms with Crippen molar-refractivity contribution < 1.29 is 28.8 Å². The van der Waals surface area contributed by atoms with Gasteiger partial charge in [-0.25, -0.2) is 0 Å². The molecule has 1 aliphatic heterocycles. The van der Waals surface area contributed by atoms with Gasteiger partial charge in [-0.1, -0.05) is 54.6 Å². The summed E-state index contributed by atoms with van der Waals surface area (Å²) in [4.78, 5) is 0. The van der Waals surface area contributed by atoms with Crippen LogP contribution in [0.2, 0.25) is 0 Å². The van der Waals surface area contributed by atoms with E-state index in [0.717, 1.165) is 28.2 Å². The topological polar surface area (TPSA) is 66.4 Å². The molecule has 33 heavy (non-hydrogen) atoms. The number of ether oxygens (including phenoxy) is 5. The second-order valence-electron chi connectivity index (χ2n) is 7.96. The van der Waals surface area contributed by atoms with Crippen LogP contribution < -0.4 is 9.47 Å². The van der Waals surface area contributed by atoms with Crippen LogP contribution >= 0.6 is 0 Å². The lowest BCUT2D eigenvalue weighted by Gasteiger charge is -2.37. The summed E-state index contributed by atoms with van der Waals surface area (Å²) in [6, 6.07) is 25.7. The molecule has 6 nitrogen and oxygen atoms in total. The first-order valence-electron chi connectivity index (χ1n) is 11.0. The Morgan fingerprint density at radius 3 is 1.76 bits per heavy atom. The Balaban J connectivity index is 1.81. The van der Waals surface area contributed by atoms with E-state index < -0.39 is 24.1 Å². The first-order valence-corrected chi connectivity index (χ1v) is 11.0. The van der Waals surface area contributed by atoms with Crippen molar-refractivity contribution in [3.8, 4) is 11.5 Å². The zero-order valence-corrected chi connectivity index (χ0v) is 19.1. The predicted octanol–water partition coefficient (Wildman–Crippen LogP) is 4.13. The van der Waals surface area contributed by atoms with Gasteiger partial charge in [0.2, 0.25) is 0 Å². The van der Waals surface area contributed by atoms with Gasteiger partial charge in [0.05, 0.1) is 26.9 Å². The number of aliphatic hydroxyl groups is 1. The number of hydrogen-bond acceptors (Lipinski definition) is 6. The molecular weight excluding hydrogens is 420 g/mol. The van der Waals surface area contributed by atoms with Crippen molar-refractivity contribution in [3.05, 3.63) is 95.6 Å². The van der Waals surface area contributed by atoms with Crippen LogP contribution in [0.1, 0.15) is 23.1 Å². The molecule has 0 saturated carbocycles. The molecular formula is C27H30O6. The second-order valence-corrected chi connectivity index (χ2v) is 7.96. The zero-order valence-electron chi connectivity index (χ0n) is 19.1. The Labute approximate surface area is 194 Å². The van der Waals surface area contributed by atoms with E-state index in [2.05, 4.69) is 0 Å². The smallest absolute Gasteiger partial charge is 0.160 e. The van der Waals surface area contributed by atoms with Gasteiger partial charge in [0.15, 0.2) is 6.29 Å². The van der Waals surface area contributed by atoms with Crippen LogP contribution in [0.25, 0.3) is 0 Å². The third kappa shape index (κ3) is 4.75. The molecule has 0 bridgehead atoms. The van der Waals surface area contributed by atoms with Crippen LogP contribution in [0.3, 0.4) is 0 Å². The number of hydrogen-bond donors (Lipinski definition) is 1. The van der Waals surface area contributed by atoms with Crippen molar-refractivity contribution >= 4 is 0 Å². The van der Waals surface area contributed by atoms with Gasteiger partial charge in [0.25, 0.3) is 0 Å². The van der Waals surface area contributed by atoms with Crippen LogP contribution in [0.15, 0.2) is 78.9 Å². The molecule has 0 aromatic heterocycles. The average Bonchev–Trinajstić information content (AvgIpc) is 3.25. The summed E-state index contributed by atoms with van der Waals surface area (Å²) in [6.07, 6.45) is -1.21. The monoisotopic (exact) mass is 450 g/mol. The highest BCUT2D eigenvalue weighted by Crippen LogP contribution is 2.42. The SMILES string of the molecule is COc1ccc(C(OC[C@H]2O[C@H](OC)C[C@@H]2O)(c2ccccc2)c2ccc(OC)cc2)cc1. The van der Waals surface area contributed by atoms with Gasteiger partial charge in [-0.05, 0) is 41.0 Å². The minimum Gasteiger partial charge on any atom is -0.497 e. The number of benzene rings is 3. The summed E-state index contributed by atoms with van der Waals surface area (Å²) in [5, 5.41) is 10.5. The molecule has 3 atom stereocenters. The molecule has 1 aliphatic rings. The molecule has 3 aromatic carbocycles. The summed E-state index contributed by atoms with van der Waals surface area (Å²) >= 11 is 0. The third-order valence-corrected chi connectivity index (χ3v) is 6.09. The van der Waals surface area contributed by atoms with Crippen molar-refractivity contribution in [1.82, 2.24) is 0 Å². The molecule has 0 unspecified atom stereocenters. The number of rotatable bonds is 9. The molecule has 3 aromatic rings. The summed E-state index contributed by atoms with van der Waals surface area (Å²) in [5.74, 6) is 1.51. The van der Waals surface area contributed by atoms with Crippen molar-refractivity contribution in [1.29, 1.82) is 0 Å². The number of aliphatic hydroxyl groups excluding tert-OH is 1. The minimum atomic E-state index is -0.950. The van der Waals surface area contributed by atoms with Gasteiger partial charge >= 0.3 is 0 Å². The Kier molecular flexibility index (Phi) is 7.30. The largest absolute Gasteiger partial charge is 0.497 e. The lowest BCUT2D eigenvalue weighted by atomic mass is 9.80. The summed E-state index contributed by atoms with van der Waals surface area (Å²) in [5.41, 5.74) is 1.86. The molecule has 0 spiro atoms. The van der Waals surface area contributed by atoms with E-state index in [1.165, 1.54) is 0 Å². The van der Waals surface area contributed by atoms with E-state index in [1.807, 2.05) is 78.9 Å². The highest BCUT2D eigenvalue weighted by Gasteiger charge is 2.41. The average molecular weight is 451 g/mol. The summed E-state index contributed by atoms with van der Waals surface area (Å²) < 4.78 is 28.7. The van der Waals surface area contributed by atoms with Crippen LogP contribution in [0, 0.1) is 0 Å². The molecule has 174 valence electrons. The molecule has 1 fully saturated rings. The van der Waals surface area contributed by atoms with Gasteiger partial charge in [0, 0.05) is 13.5 Å². The Bertz CT molecular complexity index is 956. The minimum absolute atomic E-state index is 0.175. The Morgan fingerprint density at radius 1 is 0.788 bits per heavy atom. The van der Waals surface area contributed by atoms with Crippen LogP contribution in [-0.2, 0) is 19.8 Å². The molecule has 4 rings (SSSR count). The molecule has 0 aliphatic carbocycles. The zero-order chi connectivity index (χ0) is 23.3. The standard InChI is InChI=1S/C27H30O6/c1-29-22-13-9-20(10-14-22)27(19-7-5-4-6-8-19,21-11-15-23(30-2)16-12-21)32-18-25-24(28)17-26(31-3)33-25/h4-16,24-26,28H,17-18H2,1-3H3/t24-,25+,26-/m0/s1. The Hall–Kier alpha value is -2.90. The van der Waals surface area contributed by atoms with Gasteiger partial charge < -0.3 is 28.8 Å². The molecule has 6 heteroatoms. The van der Waals surface area contributed by atoms with Crippen molar-refractivity contribution in [2.75, 3.05) is 27.9 Å². The van der Waals surface area contributed by atoms with Crippen LogP contribution in [0.5, 0.6) is 11.5 Å². The lowest BCUT2D eigenvalue weighted by Crippen LogP contribution is -2.38. The van der Waals surface area contributed by atoms with Crippen molar-refractivity contribution in [2.45, 2.75) is 30.5 Å². The van der Waals surface area contributed by atoms with Gasteiger partial charge in [-0.2, -0.15) is 0 Å². The maximum Gasteiger partial charge on any atom is 0.160 e. The fraction of sp³-hybridized carbons (Fsp3) is 0.333. The molecule has 1 heterocycles. The fourth-order valence-corrected chi connectivity index (χ4v) is 4.27. The molecule has 0 radical (unpaired) electrons. The summed E-state index contributed by atoms with van der Waals surface area (Å²) in [7, 11) is 4.86. The first kappa shape index (κ1) is 23.3. The maximum atomic E-state index is 10.5. The fourth-order valence-electron chi connectivity index (χ4n) is 4.27. The van der Waals surface area contributed by atoms with E-state index in [0.29, 0.717) is 6.42 Å². The quantitative estimate of drug-likeness (QED) is 0.495. The number of methoxy groups -OCH3 is 3. The molecule has 1 saturated heterocycles. The van der Waals surface area contributed by atoms with Crippen LogP contribution in [-0.4, -0.2) is 51.5 Å². The van der Waals surface area contributed by atoms with Crippen molar-refractivity contribution in [2.24, 2.45) is 0 Å². The molecule has 0 amide bonds. The first-order chi connectivity index (χ1) is 16.1. The predicted molar refractivity (Wildman–Crippen MR) is 125 cm³/mol. The van der Waals surface area contributed by atoms with E-state index in [4.69, 9.17) is 23.7 Å². The highest BCUT2D eigenvalue weighted by atomic mass is 16.7. The van der Waals surface area contributed by atoms with E-state index in [1.54, 1.807) is 21.3 Å². The van der Waals surface area contributed by atoms with Crippen LogP contribution in [0.4, 0.5) is 0 Å². The van der Waals surface area contributed by atoms with Gasteiger partial charge in [-0.15, -0.1) is 0 Å². The van der Waals surface area contributed by atoms with E-state index >= 15 is 0 Å². The van der Waals surface area contributed by atoms with E-state index in [9.17, 15) is 5.11 Å². The molecule has 1 N–H and O–H groups in total. The lowest BCUT2D eigenvalue weighted by molar-refractivity contribution is -0.144. The summed E-state index contributed by atoms with van der Waals surface area (Å²) in [6.45, 7) is 0.175. The normalized spacial score (nSPS) is 20.5. The second kappa shape index (κ2) is 10.4. The maximum absolute atomic E-state index is 10.5. The van der Waals surface area contributed by atoms with E-state index in [-0.39, 0.29) is 6.61 Å². The van der Waals surface area contributed by atoms with Gasteiger partial charge in [-0.3, -0.25) is 0 Å². The highest BCUT2D eigenvalue weighted by molar-refractivity contribution is 5.49.